The number of aromatic nitrogens is 1. The van der Waals surface area contributed by atoms with Gasteiger partial charge in [-0.2, -0.15) is 0 Å². The zero-order valence-corrected chi connectivity index (χ0v) is 13.7. The van der Waals surface area contributed by atoms with Gasteiger partial charge in [0.05, 0.1) is 26.9 Å². The van der Waals surface area contributed by atoms with Crippen LogP contribution in [0.4, 0.5) is 5.69 Å². The number of benzene rings is 1. The number of nitrogens with zero attached hydrogens (tertiary/aromatic N) is 2. The van der Waals surface area contributed by atoms with Gasteiger partial charge < -0.3 is 16.0 Å². The summed E-state index contributed by atoms with van der Waals surface area (Å²) >= 11 is 12.0. The molecule has 0 aliphatic heterocycles. The Labute approximate surface area is 129 Å². The highest BCUT2D eigenvalue weighted by atomic mass is 35.5. The number of nitrogens with one attached hydrogen (secondary N) is 1. The van der Waals surface area contributed by atoms with Gasteiger partial charge in [0.2, 0.25) is 0 Å². The number of rotatable bonds is 2. The van der Waals surface area contributed by atoms with Gasteiger partial charge in [0.15, 0.2) is 0 Å². The van der Waals surface area contributed by atoms with E-state index in [1.807, 2.05) is 45.2 Å². The highest BCUT2D eigenvalue weighted by molar-refractivity contribution is 6.45. The second-order valence-corrected chi connectivity index (χ2v) is 5.62. The van der Waals surface area contributed by atoms with Crippen molar-refractivity contribution in [2.75, 3.05) is 33.9 Å². The zero-order valence-electron chi connectivity index (χ0n) is 12.2. The van der Waals surface area contributed by atoms with Gasteiger partial charge in [0, 0.05) is 11.9 Å². The van der Waals surface area contributed by atoms with Crippen LogP contribution < -0.4 is 11.1 Å². The van der Waals surface area contributed by atoms with Crippen molar-refractivity contribution in [3.05, 3.63) is 33.9 Å². The molecule has 0 aliphatic rings. The molecule has 1 aromatic heterocycles. The summed E-state index contributed by atoms with van der Waals surface area (Å²) in [5, 5.41) is 4.76. The lowest BCUT2D eigenvalue weighted by Crippen LogP contribution is -2.07. The smallest absolute Gasteiger partial charge is 0.0951 e. The molecule has 1 aromatic carbocycles. The molecule has 0 saturated heterocycles. The van der Waals surface area contributed by atoms with Gasteiger partial charge in [-0.15, -0.1) is 0 Å². The van der Waals surface area contributed by atoms with Crippen LogP contribution >= 0.6 is 23.2 Å². The Hall–Kier alpha value is -1.07. The quantitative estimate of drug-likeness (QED) is 0.837. The summed E-state index contributed by atoms with van der Waals surface area (Å²) in [5.41, 5.74) is 8.02. The highest BCUT2D eigenvalue weighted by Gasteiger charge is 2.09. The molecule has 6 heteroatoms. The molecule has 4 nitrogen and oxygen atoms in total. The Kier molecular flexibility index (Phi) is 6.49. The molecule has 0 radical (unpaired) electrons. The van der Waals surface area contributed by atoms with Crippen LogP contribution in [-0.2, 0) is 6.54 Å². The standard InChI is InChI=1S/C11H11Cl2N3.C3H9N/c1-15-5-6-2-3-7-10(13)8(12)4-9(14)11(7)16-6;1-4(2)3/h2-4,15H,5,14H2,1H3;1-3H3. The molecule has 2 aromatic rings. The van der Waals surface area contributed by atoms with E-state index < -0.39 is 0 Å². The SMILES string of the molecule is CN(C)C.CNCc1ccc2c(Cl)c(Cl)cc(N)c2n1. The van der Waals surface area contributed by atoms with E-state index in [2.05, 4.69) is 10.3 Å². The van der Waals surface area contributed by atoms with Crippen LogP contribution in [0.2, 0.25) is 10.0 Å². The van der Waals surface area contributed by atoms with Crippen molar-refractivity contribution < 1.29 is 0 Å². The van der Waals surface area contributed by atoms with Crippen LogP contribution in [0.15, 0.2) is 18.2 Å². The van der Waals surface area contributed by atoms with Gasteiger partial charge in [-0.3, -0.25) is 0 Å². The lowest BCUT2D eigenvalue weighted by Gasteiger charge is -2.07. The van der Waals surface area contributed by atoms with Gasteiger partial charge in [-0.1, -0.05) is 23.2 Å². The molecular weight excluding hydrogens is 295 g/mol. The Morgan fingerprint density at radius 1 is 1.25 bits per heavy atom. The number of fused-ring (bicyclic) bond motifs is 1. The molecule has 0 saturated carbocycles. The summed E-state index contributed by atoms with van der Waals surface area (Å²) < 4.78 is 0. The number of nitrogen functional groups attached to an aromatic ring is 1. The average Bonchev–Trinajstić information content (AvgIpc) is 2.36. The lowest BCUT2D eigenvalue weighted by atomic mass is 10.1. The summed E-state index contributed by atoms with van der Waals surface area (Å²) in [4.78, 5) is 6.44. The first kappa shape index (κ1) is 17.0. The fourth-order valence-corrected chi connectivity index (χ4v) is 2.00. The van der Waals surface area contributed by atoms with Crippen molar-refractivity contribution in [3.63, 3.8) is 0 Å². The monoisotopic (exact) mass is 314 g/mol. The summed E-state index contributed by atoms with van der Waals surface area (Å²) in [6.45, 7) is 0.690. The minimum Gasteiger partial charge on any atom is -0.397 e. The van der Waals surface area contributed by atoms with Gasteiger partial charge >= 0.3 is 0 Å². The number of hydrogen-bond donors (Lipinski definition) is 2. The molecule has 0 bridgehead atoms. The van der Waals surface area contributed by atoms with Crippen molar-refractivity contribution in [2.45, 2.75) is 6.54 Å². The van der Waals surface area contributed by atoms with Crippen molar-refractivity contribution in [3.8, 4) is 0 Å². The summed E-state index contributed by atoms with van der Waals surface area (Å²) in [6, 6.07) is 5.42. The van der Waals surface area contributed by atoms with Gasteiger partial charge in [-0.05, 0) is 46.4 Å². The summed E-state index contributed by atoms with van der Waals surface area (Å²) in [5.74, 6) is 0. The van der Waals surface area contributed by atoms with Crippen molar-refractivity contribution in [1.29, 1.82) is 0 Å². The third-order valence-electron chi connectivity index (χ3n) is 2.31. The largest absolute Gasteiger partial charge is 0.397 e. The third-order valence-corrected chi connectivity index (χ3v) is 3.11. The van der Waals surface area contributed by atoms with Crippen LogP contribution in [0, 0.1) is 0 Å². The second-order valence-electron chi connectivity index (χ2n) is 4.83. The van der Waals surface area contributed by atoms with Gasteiger partial charge in [-0.25, -0.2) is 4.98 Å². The lowest BCUT2D eigenvalue weighted by molar-refractivity contribution is 0.505. The van der Waals surface area contributed by atoms with E-state index in [1.165, 1.54) is 0 Å². The molecule has 110 valence electrons. The normalized spacial score (nSPS) is 10.6. The van der Waals surface area contributed by atoms with Gasteiger partial charge in [0.25, 0.3) is 0 Å². The van der Waals surface area contributed by atoms with Crippen molar-refractivity contribution >= 4 is 39.8 Å². The maximum Gasteiger partial charge on any atom is 0.0951 e. The molecule has 20 heavy (non-hydrogen) atoms. The van der Waals surface area contributed by atoms with Crippen LogP contribution in [0.5, 0.6) is 0 Å². The number of anilines is 1. The third kappa shape index (κ3) is 4.49. The van der Waals surface area contributed by atoms with E-state index in [4.69, 9.17) is 28.9 Å². The van der Waals surface area contributed by atoms with E-state index in [0.717, 1.165) is 11.1 Å². The first-order chi connectivity index (χ1) is 9.36. The predicted octanol–water partition coefficient (Wildman–Crippen LogP) is 3.02. The Morgan fingerprint density at radius 2 is 1.85 bits per heavy atom. The number of hydrogen-bond acceptors (Lipinski definition) is 4. The molecular formula is C14H20Cl2N4. The maximum atomic E-state index is 6.08. The second kappa shape index (κ2) is 7.64. The van der Waals surface area contributed by atoms with Crippen molar-refractivity contribution in [1.82, 2.24) is 15.2 Å². The minimum absolute atomic E-state index is 0.454. The van der Waals surface area contributed by atoms with E-state index in [-0.39, 0.29) is 0 Å². The summed E-state index contributed by atoms with van der Waals surface area (Å²) in [6.07, 6.45) is 0. The molecule has 1 heterocycles. The molecule has 0 spiro atoms. The molecule has 0 aliphatic carbocycles. The van der Waals surface area contributed by atoms with Crippen LogP contribution in [-0.4, -0.2) is 38.1 Å². The Morgan fingerprint density at radius 3 is 2.40 bits per heavy atom. The first-order valence-corrected chi connectivity index (χ1v) is 6.91. The molecule has 0 fully saturated rings. The molecule has 2 rings (SSSR count). The maximum absolute atomic E-state index is 6.08. The van der Waals surface area contributed by atoms with E-state index in [0.29, 0.717) is 27.8 Å². The van der Waals surface area contributed by atoms with Crippen LogP contribution in [0.1, 0.15) is 5.69 Å². The Bertz CT molecular complexity index is 582. The zero-order chi connectivity index (χ0) is 15.3. The van der Waals surface area contributed by atoms with E-state index in [9.17, 15) is 0 Å². The molecule has 3 N–H and O–H groups in total. The first-order valence-electron chi connectivity index (χ1n) is 6.15. The van der Waals surface area contributed by atoms with Crippen LogP contribution in [0.3, 0.4) is 0 Å². The van der Waals surface area contributed by atoms with Crippen LogP contribution in [0.25, 0.3) is 10.9 Å². The number of pyridine rings is 1. The Balaban J connectivity index is 0.000000444. The summed E-state index contributed by atoms with van der Waals surface area (Å²) in [7, 11) is 7.87. The average molecular weight is 315 g/mol. The molecule has 0 amide bonds. The number of nitrogens with two attached hydrogens (primary N) is 1. The fraction of sp³-hybridized carbons (Fsp3) is 0.357. The molecule has 0 atom stereocenters. The predicted molar refractivity (Wildman–Crippen MR) is 88.6 cm³/mol. The number of halogens is 2. The highest BCUT2D eigenvalue weighted by Crippen LogP contribution is 2.33. The van der Waals surface area contributed by atoms with Gasteiger partial charge in [0.1, 0.15) is 0 Å². The minimum atomic E-state index is 0.454. The van der Waals surface area contributed by atoms with E-state index >= 15 is 0 Å². The topological polar surface area (TPSA) is 54.2 Å². The fourth-order valence-electron chi connectivity index (χ4n) is 1.57. The molecule has 0 unspecified atom stereocenters. The van der Waals surface area contributed by atoms with Crippen molar-refractivity contribution in [2.24, 2.45) is 0 Å². The van der Waals surface area contributed by atoms with E-state index in [1.54, 1.807) is 6.07 Å².